The van der Waals surface area contributed by atoms with E-state index in [0.29, 0.717) is 12.0 Å². The summed E-state index contributed by atoms with van der Waals surface area (Å²) >= 11 is 0. The van der Waals surface area contributed by atoms with E-state index in [2.05, 4.69) is 45.9 Å². The number of benzene rings is 1. The van der Waals surface area contributed by atoms with Crippen LogP contribution in [0.25, 0.3) is 11.1 Å². The maximum absolute atomic E-state index is 4.61. The smallest absolute Gasteiger partial charge is 0.130 e. The van der Waals surface area contributed by atoms with Crippen molar-refractivity contribution in [3.8, 4) is 11.1 Å². The molecule has 2 atom stereocenters. The average Bonchev–Trinajstić information content (AvgIpc) is 2.98. The zero-order chi connectivity index (χ0) is 15.2. The third kappa shape index (κ3) is 2.06. The first-order valence-electron chi connectivity index (χ1n) is 9.00. The summed E-state index contributed by atoms with van der Waals surface area (Å²) in [5, 5.41) is 7.50. The van der Waals surface area contributed by atoms with Crippen LogP contribution in [-0.4, -0.2) is 17.6 Å². The van der Waals surface area contributed by atoms with Gasteiger partial charge < -0.3 is 10.6 Å². The van der Waals surface area contributed by atoms with Crippen LogP contribution in [-0.2, 0) is 0 Å². The van der Waals surface area contributed by atoms with Crippen LogP contribution in [0, 0.1) is 5.92 Å². The lowest BCUT2D eigenvalue weighted by Crippen LogP contribution is -2.36. The first-order chi connectivity index (χ1) is 11.4. The van der Waals surface area contributed by atoms with Gasteiger partial charge in [-0.05, 0) is 36.5 Å². The number of hydrogen-bond acceptors (Lipinski definition) is 3. The largest absolute Gasteiger partial charge is 0.381 e. The SMILES string of the molecule is c1ccc2c(c1)NC(C1CCCCC1)C1CNc3nccc-2c31. The van der Waals surface area contributed by atoms with E-state index in [1.165, 1.54) is 54.5 Å². The molecule has 2 unspecified atom stereocenters. The number of rotatable bonds is 1. The molecule has 3 aliphatic rings. The fraction of sp³-hybridized carbons (Fsp3) is 0.450. The van der Waals surface area contributed by atoms with Crippen molar-refractivity contribution in [3.05, 3.63) is 42.1 Å². The molecular formula is C20H23N3. The quantitative estimate of drug-likeness (QED) is 0.806. The molecule has 0 bridgehead atoms. The summed E-state index contributed by atoms with van der Waals surface area (Å²) in [5.74, 6) is 2.41. The van der Waals surface area contributed by atoms with Gasteiger partial charge in [-0.2, -0.15) is 0 Å². The van der Waals surface area contributed by atoms with E-state index in [1.54, 1.807) is 0 Å². The second-order valence-corrected chi connectivity index (χ2v) is 7.22. The Morgan fingerprint density at radius 1 is 0.957 bits per heavy atom. The van der Waals surface area contributed by atoms with Crippen molar-refractivity contribution in [2.24, 2.45) is 5.92 Å². The molecule has 0 saturated heterocycles. The molecule has 23 heavy (non-hydrogen) atoms. The van der Waals surface area contributed by atoms with Crippen molar-refractivity contribution < 1.29 is 0 Å². The van der Waals surface area contributed by atoms with E-state index in [1.807, 2.05) is 6.20 Å². The van der Waals surface area contributed by atoms with E-state index in [4.69, 9.17) is 0 Å². The number of nitrogens with zero attached hydrogens (tertiary/aromatic N) is 1. The predicted molar refractivity (Wildman–Crippen MR) is 94.9 cm³/mol. The van der Waals surface area contributed by atoms with Gasteiger partial charge in [0.2, 0.25) is 0 Å². The first kappa shape index (κ1) is 13.4. The molecule has 118 valence electrons. The van der Waals surface area contributed by atoms with E-state index in [0.717, 1.165) is 18.3 Å². The second-order valence-electron chi connectivity index (χ2n) is 7.22. The first-order valence-corrected chi connectivity index (χ1v) is 9.00. The molecule has 1 aromatic carbocycles. The van der Waals surface area contributed by atoms with Crippen molar-refractivity contribution in [3.63, 3.8) is 0 Å². The Kier molecular flexibility index (Phi) is 3.07. The van der Waals surface area contributed by atoms with Crippen molar-refractivity contribution in [1.82, 2.24) is 4.98 Å². The van der Waals surface area contributed by atoms with Crippen molar-refractivity contribution in [2.75, 3.05) is 17.2 Å². The van der Waals surface area contributed by atoms with Crippen LogP contribution >= 0.6 is 0 Å². The Labute approximate surface area is 137 Å². The highest BCUT2D eigenvalue weighted by Crippen LogP contribution is 2.48. The fourth-order valence-corrected chi connectivity index (χ4v) is 4.90. The van der Waals surface area contributed by atoms with Gasteiger partial charge >= 0.3 is 0 Å². The van der Waals surface area contributed by atoms with Gasteiger partial charge in [-0.3, -0.25) is 0 Å². The van der Waals surface area contributed by atoms with Crippen LogP contribution in [0.4, 0.5) is 11.5 Å². The van der Waals surface area contributed by atoms with Gasteiger partial charge in [0.15, 0.2) is 0 Å². The van der Waals surface area contributed by atoms with Crippen molar-refractivity contribution in [2.45, 2.75) is 44.1 Å². The molecule has 3 heteroatoms. The highest BCUT2D eigenvalue weighted by atomic mass is 15.1. The maximum atomic E-state index is 4.61. The Morgan fingerprint density at radius 3 is 2.74 bits per heavy atom. The minimum absolute atomic E-state index is 0.524. The third-order valence-electron chi connectivity index (χ3n) is 5.98. The minimum atomic E-state index is 0.524. The van der Waals surface area contributed by atoms with Crippen LogP contribution in [0.5, 0.6) is 0 Å². The van der Waals surface area contributed by atoms with E-state index < -0.39 is 0 Å². The summed E-state index contributed by atoms with van der Waals surface area (Å²) in [5.41, 5.74) is 5.44. The van der Waals surface area contributed by atoms with E-state index in [9.17, 15) is 0 Å². The Morgan fingerprint density at radius 2 is 1.83 bits per heavy atom. The van der Waals surface area contributed by atoms with Gasteiger partial charge in [0.05, 0.1) is 0 Å². The Balaban J connectivity index is 1.68. The van der Waals surface area contributed by atoms with Gasteiger partial charge in [-0.25, -0.2) is 4.98 Å². The zero-order valence-corrected chi connectivity index (χ0v) is 13.4. The van der Waals surface area contributed by atoms with Crippen molar-refractivity contribution in [1.29, 1.82) is 0 Å². The van der Waals surface area contributed by atoms with Gasteiger partial charge in [0.25, 0.3) is 0 Å². The molecule has 0 radical (unpaired) electrons. The molecule has 1 aliphatic carbocycles. The van der Waals surface area contributed by atoms with Crippen molar-refractivity contribution >= 4 is 11.5 Å². The summed E-state index contributed by atoms with van der Waals surface area (Å²) < 4.78 is 0. The molecule has 2 aromatic rings. The number of aromatic nitrogens is 1. The summed E-state index contributed by atoms with van der Waals surface area (Å²) in [6.45, 7) is 1.02. The number of para-hydroxylation sites is 1. The standard InChI is InChI=1S/C20H23N3/c1-2-6-13(7-3-1)19-16-12-22-20-18(16)15(10-11-21-20)14-8-4-5-9-17(14)23-19/h4-5,8-11,13,16,19,23H,1-3,6-7,12H2,(H,21,22). The number of anilines is 2. The number of fused-ring (bicyclic) bond motifs is 2. The number of hydrogen-bond donors (Lipinski definition) is 2. The van der Waals surface area contributed by atoms with Crippen LogP contribution in [0.1, 0.15) is 43.6 Å². The van der Waals surface area contributed by atoms with Gasteiger partial charge in [-0.1, -0.05) is 37.5 Å². The summed E-state index contributed by atoms with van der Waals surface area (Å²) in [6, 6.07) is 11.5. The highest BCUT2D eigenvalue weighted by molar-refractivity contribution is 5.85. The summed E-state index contributed by atoms with van der Waals surface area (Å²) in [7, 11) is 0. The van der Waals surface area contributed by atoms with Gasteiger partial charge in [0.1, 0.15) is 5.82 Å². The molecule has 3 heterocycles. The molecule has 3 nitrogen and oxygen atoms in total. The monoisotopic (exact) mass is 305 g/mol. The van der Waals surface area contributed by atoms with E-state index >= 15 is 0 Å². The van der Waals surface area contributed by atoms with Gasteiger partial charge in [0, 0.05) is 41.5 Å². The fourth-order valence-electron chi connectivity index (χ4n) is 4.90. The zero-order valence-electron chi connectivity index (χ0n) is 13.4. The molecule has 2 N–H and O–H groups in total. The number of nitrogens with one attached hydrogen (secondary N) is 2. The lowest BCUT2D eigenvalue weighted by atomic mass is 9.77. The summed E-state index contributed by atoms with van der Waals surface area (Å²) in [4.78, 5) is 4.61. The molecule has 5 rings (SSSR count). The molecule has 0 spiro atoms. The van der Waals surface area contributed by atoms with Crippen LogP contribution in [0.3, 0.4) is 0 Å². The predicted octanol–water partition coefficient (Wildman–Crippen LogP) is 4.63. The van der Waals surface area contributed by atoms with Gasteiger partial charge in [-0.15, -0.1) is 0 Å². The third-order valence-corrected chi connectivity index (χ3v) is 5.98. The average molecular weight is 305 g/mol. The molecule has 1 aromatic heterocycles. The van der Waals surface area contributed by atoms with Crippen LogP contribution in [0.2, 0.25) is 0 Å². The maximum Gasteiger partial charge on any atom is 0.130 e. The molecule has 1 fully saturated rings. The minimum Gasteiger partial charge on any atom is -0.381 e. The Hall–Kier alpha value is -2.03. The molecule has 0 amide bonds. The Bertz CT molecular complexity index is 733. The summed E-state index contributed by atoms with van der Waals surface area (Å²) in [6.07, 6.45) is 8.85. The topological polar surface area (TPSA) is 37.0 Å². The van der Waals surface area contributed by atoms with E-state index in [-0.39, 0.29) is 0 Å². The molecular weight excluding hydrogens is 282 g/mol. The lowest BCUT2D eigenvalue weighted by Gasteiger charge is -2.34. The lowest BCUT2D eigenvalue weighted by molar-refractivity contribution is 0.298. The highest BCUT2D eigenvalue weighted by Gasteiger charge is 2.39. The van der Waals surface area contributed by atoms with Crippen LogP contribution < -0.4 is 10.6 Å². The molecule has 2 aliphatic heterocycles. The van der Waals surface area contributed by atoms with Crippen LogP contribution in [0.15, 0.2) is 36.5 Å². The normalized spacial score (nSPS) is 25.7. The number of pyridine rings is 1. The second kappa shape index (κ2) is 5.26. The molecule has 1 saturated carbocycles.